The van der Waals surface area contributed by atoms with Crippen molar-refractivity contribution in [2.24, 2.45) is 0 Å². The Bertz CT molecular complexity index is 295. The first-order valence-electron chi connectivity index (χ1n) is 6.08. The minimum atomic E-state index is -0.322. The van der Waals surface area contributed by atoms with Crippen LogP contribution in [0.1, 0.15) is 33.1 Å². The molecule has 4 nitrogen and oxygen atoms in total. The van der Waals surface area contributed by atoms with Crippen LogP contribution in [0.2, 0.25) is 0 Å². The van der Waals surface area contributed by atoms with Crippen LogP contribution in [0.15, 0.2) is 0 Å². The van der Waals surface area contributed by atoms with E-state index in [1.165, 1.54) is 4.90 Å². The van der Waals surface area contributed by atoms with Crippen molar-refractivity contribution in [2.45, 2.75) is 43.9 Å². The van der Waals surface area contributed by atoms with E-state index in [-0.39, 0.29) is 22.6 Å². The summed E-state index contributed by atoms with van der Waals surface area (Å²) in [6.45, 7) is 5.10. The van der Waals surface area contributed by atoms with Gasteiger partial charge < -0.3 is 5.32 Å². The van der Waals surface area contributed by atoms with Gasteiger partial charge in [0.15, 0.2) is 0 Å². The molecule has 0 radical (unpaired) electrons. The Balaban J connectivity index is 2.56. The largest absolute Gasteiger partial charge is 0.304 e. The maximum Gasteiger partial charge on any atom is 0.246 e. The molecule has 17 heavy (non-hydrogen) atoms. The van der Waals surface area contributed by atoms with Crippen molar-refractivity contribution in [3.05, 3.63) is 0 Å². The quantitative estimate of drug-likeness (QED) is 0.729. The van der Waals surface area contributed by atoms with Gasteiger partial charge in [-0.05, 0) is 19.1 Å². The molecule has 1 N–H and O–H groups in total. The van der Waals surface area contributed by atoms with Gasteiger partial charge in [0.2, 0.25) is 11.8 Å². The number of rotatable bonds is 6. The highest BCUT2D eigenvalue weighted by Gasteiger charge is 2.37. The Morgan fingerprint density at radius 3 is 2.35 bits per heavy atom. The number of likely N-dealkylation sites (N-methyl/N-ethyl adjacent to an activating group) is 1. The fraction of sp³-hybridized carbons (Fsp3) is 0.833. The molecule has 0 saturated carbocycles. The molecule has 0 aromatic carbocycles. The van der Waals surface area contributed by atoms with E-state index in [4.69, 9.17) is 0 Å². The Labute approximate surface area is 108 Å². The van der Waals surface area contributed by atoms with E-state index in [2.05, 4.69) is 25.4 Å². The van der Waals surface area contributed by atoms with Crippen LogP contribution in [0, 0.1) is 0 Å². The van der Waals surface area contributed by atoms with Crippen molar-refractivity contribution in [2.75, 3.05) is 19.8 Å². The van der Waals surface area contributed by atoms with E-state index in [0.29, 0.717) is 6.42 Å². The third-order valence-electron chi connectivity index (χ3n) is 3.77. The highest BCUT2D eigenvalue weighted by atomic mass is 32.2. The molecule has 1 heterocycles. The molecule has 1 rings (SSSR count). The summed E-state index contributed by atoms with van der Waals surface area (Å²) in [5.74, 6) is -0.188. The Morgan fingerprint density at radius 1 is 1.41 bits per heavy atom. The summed E-state index contributed by atoms with van der Waals surface area (Å²) in [5, 5.41) is 3.25. The molecule has 1 atom stereocenters. The summed E-state index contributed by atoms with van der Waals surface area (Å²) in [7, 11) is 1.55. The van der Waals surface area contributed by atoms with Crippen molar-refractivity contribution in [1.82, 2.24) is 10.2 Å². The number of nitrogens with zero attached hydrogens (tertiary/aromatic N) is 1. The average Bonchev–Trinajstić information content (AvgIpc) is 2.59. The smallest absolute Gasteiger partial charge is 0.246 e. The molecule has 1 fully saturated rings. The van der Waals surface area contributed by atoms with Crippen LogP contribution < -0.4 is 5.32 Å². The van der Waals surface area contributed by atoms with Gasteiger partial charge >= 0.3 is 0 Å². The minimum Gasteiger partial charge on any atom is -0.304 e. The van der Waals surface area contributed by atoms with Crippen LogP contribution in [-0.4, -0.2) is 47.4 Å². The number of hydrogen-bond acceptors (Lipinski definition) is 4. The van der Waals surface area contributed by atoms with Gasteiger partial charge in [-0.25, -0.2) is 0 Å². The van der Waals surface area contributed by atoms with E-state index >= 15 is 0 Å². The lowest BCUT2D eigenvalue weighted by molar-refractivity contribution is -0.137. The molecule has 0 spiro atoms. The standard InChI is InChI=1S/C12H22N2O2S/c1-5-12(6-2,17-4)8-13-9-7-10(15)14(3)11(9)16/h9,13H,5-8H2,1-4H3. The highest BCUT2D eigenvalue weighted by molar-refractivity contribution is 8.00. The number of imide groups is 1. The SMILES string of the molecule is CCC(CC)(CNC1CC(=O)N(C)C1=O)SC. The second kappa shape index (κ2) is 5.87. The summed E-state index contributed by atoms with van der Waals surface area (Å²) in [6.07, 6.45) is 4.51. The maximum atomic E-state index is 11.7. The number of carbonyl (C=O) groups is 2. The second-order valence-electron chi connectivity index (χ2n) is 4.52. The van der Waals surface area contributed by atoms with Crippen molar-refractivity contribution >= 4 is 23.6 Å². The number of amides is 2. The molecular weight excluding hydrogens is 236 g/mol. The molecule has 1 unspecified atom stereocenters. The summed E-state index contributed by atoms with van der Waals surface area (Å²) in [6, 6.07) is -0.322. The molecule has 0 aliphatic carbocycles. The van der Waals surface area contributed by atoms with Gasteiger partial charge in [0.05, 0.1) is 12.5 Å². The zero-order valence-electron chi connectivity index (χ0n) is 11.1. The predicted octanol–water partition coefficient (Wildman–Crippen LogP) is 1.26. The molecule has 1 saturated heterocycles. The molecule has 0 bridgehead atoms. The summed E-state index contributed by atoms with van der Waals surface area (Å²) in [4.78, 5) is 24.3. The number of hydrogen-bond donors (Lipinski definition) is 1. The highest BCUT2D eigenvalue weighted by Crippen LogP contribution is 2.30. The molecule has 2 amide bonds. The third kappa shape index (κ3) is 3.01. The fourth-order valence-electron chi connectivity index (χ4n) is 2.09. The van der Waals surface area contributed by atoms with Crippen LogP contribution in [0.3, 0.4) is 0 Å². The van der Waals surface area contributed by atoms with E-state index in [1.807, 2.05) is 11.8 Å². The van der Waals surface area contributed by atoms with Crippen molar-refractivity contribution in [3.8, 4) is 0 Å². The lowest BCUT2D eigenvalue weighted by atomic mass is 10.0. The fourth-order valence-corrected chi connectivity index (χ4v) is 2.89. The van der Waals surface area contributed by atoms with Crippen LogP contribution in [0.4, 0.5) is 0 Å². The molecule has 0 aromatic rings. The first-order chi connectivity index (χ1) is 7.99. The van der Waals surface area contributed by atoms with Gasteiger partial charge in [0.25, 0.3) is 0 Å². The topological polar surface area (TPSA) is 49.4 Å². The monoisotopic (exact) mass is 258 g/mol. The van der Waals surface area contributed by atoms with Crippen LogP contribution in [0.25, 0.3) is 0 Å². The van der Waals surface area contributed by atoms with E-state index in [9.17, 15) is 9.59 Å². The van der Waals surface area contributed by atoms with Crippen LogP contribution in [0.5, 0.6) is 0 Å². The number of carbonyl (C=O) groups excluding carboxylic acids is 2. The zero-order chi connectivity index (χ0) is 13.1. The molecule has 1 aliphatic heterocycles. The Hall–Kier alpha value is -0.550. The molecule has 98 valence electrons. The van der Waals surface area contributed by atoms with Gasteiger partial charge in [-0.2, -0.15) is 11.8 Å². The maximum absolute atomic E-state index is 11.7. The lowest BCUT2D eigenvalue weighted by Gasteiger charge is -2.31. The Morgan fingerprint density at radius 2 is 2.00 bits per heavy atom. The van der Waals surface area contributed by atoms with Gasteiger partial charge in [-0.15, -0.1) is 0 Å². The molecule has 0 aromatic heterocycles. The second-order valence-corrected chi connectivity index (χ2v) is 5.80. The number of nitrogens with one attached hydrogen (secondary N) is 1. The number of thioether (sulfide) groups is 1. The summed E-state index contributed by atoms with van der Waals surface area (Å²) < 4.78 is 0.171. The normalized spacial score (nSPS) is 21.4. The van der Waals surface area contributed by atoms with Gasteiger partial charge in [0.1, 0.15) is 0 Å². The van der Waals surface area contributed by atoms with Crippen molar-refractivity contribution in [3.63, 3.8) is 0 Å². The van der Waals surface area contributed by atoms with Gasteiger partial charge in [-0.1, -0.05) is 13.8 Å². The third-order valence-corrected chi connectivity index (χ3v) is 5.36. The van der Waals surface area contributed by atoms with Crippen LogP contribution in [-0.2, 0) is 9.59 Å². The Kier molecular flexibility index (Phi) is 5.01. The predicted molar refractivity (Wildman–Crippen MR) is 71.0 cm³/mol. The van der Waals surface area contributed by atoms with E-state index in [1.54, 1.807) is 7.05 Å². The summed E-state index contributed by atoms with van der Waals surface area (Å²) in [5.41, 5.74) is 0. The molecular formula is C12H22N2O2S. The number of likely N-dealkylation sites (tertiary alicyclic amines) is 1. The van der Waals surface area contributed by atoms with Crippen molar-refractivity contribution < 1.29 is 9.59 Å². The van der Waals surface area contributed by atoms with Crippen molar-refractivity contribution in [1.29, 1.82) is 0 Å². The van der Waals surface area contributed by atoms with Crippen LogP contribution >= 0.6 is 11.8 Å². The lowest BCUT2D eigenvalue weighted by Crippen LogP contribution is -2.44. The zero-order valence-corrected chi connectivity index (χ0v) is 11.9. The minimum absolute atomic E-state index is 0.0877. The molecule has 5 heteroatoms. The first-order valence-corrected chi connectivity index (χ1v) is 7.31. The van der Waals surface area contributed by atoms with E-state index in [0.717, 1.165) is 19.4 Å². The van der Waals surface area contributed by atoms with E-state index < -0.39 is 0 Å². The van der Waals surface area contributed by atoms with Gasteiger partial charge in [-0.3, -0.25) is 14.5 Å². The van der Waals surface area contributed by atoms with Gasteiger partial charge in [0, 0.05) is 18.3 Å². The average molecular weight is 258 g/mol. The molecule has 1 aliphatic rings. The summed E-state index contributed by atoms with van der Waals surface area (Å²) >= 11 is 1.83. The first kappa shape index (κ1) is 14.5.